The molecule has 3 nitrogen and oxygen atoms in total. The molecule has 2 aromatic rings. The Kier molecular flexibility index (Phi) is 3.36. The summed E-state index contributed by atoms with van der Waals surface area (Å²) >= 11 is 9.59. The molecule has 0 aliphatic carbocycles. The fourth-order valence-electron chi connectivity index (χ4n) is 2.14. The van der Waals surface area contributed by atoms with Crippen molar-refractivity contribution >= 4 is 50.5 Å². The molecule has 2 aromatic carbocycles. The maximum Gasteiger partial charge on any atom is 0.275 e. The van der Waals surface area contributed by atoms with Crippen molar-refractivity contribution in [3.63, 3.8) is 0 Å². The predicted molar refractivity (Wildman–Crippen MR) is 85.2 cm³/mol. The summed E-state index contributed by atoms with van der Waals surface area (Å²) in [4.78, 5) is 16.5. The van der Waals surface area contributed by atoms with Crippen molar-refractivity contribution in [3.05, 3.63) is 57.0 Å². The van der Waals surface area contributed by atoms with Gasteiger partial charge in [0.2, 0.25) is 0 Å². The molecular formula is C15H10BrClN2O. The minimum atomic E-state index is -0.207. The Hall–Kier alpha value is -1.65. The second-order valence-corrected chi connectivity index (χ2v) is 5.70. The number of aliphatic imine (C=N–C) groups is 1. The van der Waals surface area contributed by atoms with Crippen LogP contribution in [0.5, 0.6) is 0 Å². The van der Waals surface area contributed by atoms with Crippen molar-refractivity contribution in [2.45, 2.75) is 6.92 Å². The first-order valence-corrected chi connectivity index (χ1v) is 7.19. The second-order valence-electron chi connectivity index (χ2n) is 4.47. The van der Waals surface area contributed by atoms with Crippen LogP contribution in [0.25, 0.3) is 0 Å². The molecule has 0 saturated heterocycles. The summed E-state index contributed by atoms with van der Waals surface area (Å²) in [5.41, 5.74) is 3.49. The van der Waals surface area contributed by atoms with Crippen LogP contribution >= 0.6 is 27.5 Å². The van der Waals surface area contributed by atoms with Crippen LogP contribution < -0.4 is 5.32 Å². The number of hydrogen-bond acceptors (Lipinski definition) is 2. The molecule has 20 heavy (non-hydrogen) atoms. The number of rotatable bonds is 1. The number of carbonyl (C=O) groups excluding carboxylic acids is 1. The molecule has 1 amide bonds. The van der Waals surface area contributed by atoms with Gasteiger partial charge in [0, 0.05) is 10.0 Å². The molecule has 5 heteroatoms. The third-order valence-electron chi connectivity index (χ3n) is 3.16. The topological polar surface area (TPSA) is 41.5 Å². The van der Waals surface area contributed by atoms with Crippen molar-refractivity contribution in [1.82, 2.24) is 0 Å². The number of fused-ring (bicyclic) bond motifs is 1. The van der Waals surface area contributed by atoms with Gasteiger partial charge in [-0.1, -0.05) is 29.8 Å². The minimum Gasteiger partial charge on any atom is -0.320 e. The molecule has 3 rings (SSSR count). The van der Waals surface area contributed by atoms with Gasteiger partial charge in [-0.05, 0) is 46.6 Å². The van der Waals surface area contributed by atoms with Gasteiger partial charge in [-0.2, -0.15) is 0 Å². The summed E-state index contributed by atoms with van der Waals surface area (Å²) in [6, 6.07) is 11.2. The molecule has 0 saturated carbocycles. The molecule has 0 bridgehead atoms. The number of halogens is 2. The first-order valence-electron chi connectivity index (χ1n) is 6.02. The Labute approximate surface area is 129 Å². The summed E-state index contributed by atoms with van der Waals surface area (Å²) in [6.45, 7) is 1.87. The van der Waals surface area contributed by atoms with Crippen LogP contribution in [-0.4, -0.2) is 11.6 Å². The molecule has 1 aliphatic heterocycles. The van der Waals surface area contributed by atoms with Crippen molar-refractivity contribution in [3.8, 4) is 0 Å². The summed E-state index contributed by atoms with van der Waals surface area (Å²) in [7, 11) is 0. The number of carbonyl (C=O) groups is 1. The lowest BCUT2D eigenvalue weighted by Crippen LogP contribution is -2.13. The number of anilines is 1. The van der Waals surface area contributed by atoms with Gasteiger partial charge < -0.3 is 5.32 Å². The molecule has 100 valence electrons. The smallest absolute Gasteiger partial charge is 0.275 e. The van der Waals surface area contributed by atoms with Crippen molar-refractivity contribution in [1.29, 1.82) is 0 Å². The van der Waals surface area contributed by atoms with Crippen LogP contribution in [0.3, 0.4) is 0 Å². The number of hydrogen-bond donors (Lipinski definition) is 1. The zero-order valence-electron chi connectivity index (χ0n) is 10.6. The molecule has 0 aromatic heterocycles. The van der Waals surface area contributed by atoms with E-state index in [2.05, 4.69) is 26.2 Å². The average Bonchev–Trinajstić information content (AvgIpc) is 2.75. The number of amides is 1. The van der Waals surface area contributed by atoms with Crippen LogP contribution in [0.15, 0.2) is 45.9 Å². The number of benzene rings is 2. The highest BCUT2D eigenvalue weighted by atomic mass is 79.9. The van der Waals surface area contributed by atoms with Crippen LogP contribution in [-0.2, 0) is 4.79 Å². The Balaban J connectivity index is 2.18. The lowest BCUT2D eigenvalue weighted by molar-refractivity contribution is -0.110. The van der Waals surface area contributed by atoms with Crippen molar-refractivity contribution in [2.24, 2.45) is 4.99 Å². The average molecular weight is 350 g/mol. The molecule has 0 fully saturated rings. The molecule has 1 N–H and O–H groups in total. The van der Waals surface area contributed by atoms with E-state index in [1.54, 1.807) is 0 Å². The quantitative estimate of drug-likeness (QED) is 0.810. The first-order chi connectivity index (χ1) is 9.58. The predicted octanol–water partition coefficient (Wildman–Crippen LogP) is 4.48. The zero-order chi connectivity index (χ0) is 14.3. The normalized spacial score (nSPS) is 15.3. The fourth-order valence-corrected chi connectivity index (χ4v) is 2.81. The van der Waals surface area contributed by atoms with E-state index in [1.807, 2.05) is 43.3 Å². The molecule has 0 atom stereocenters. The molecule has 1 aliphatic rings. The molecule has 1 heterocycles. The highest BCUT2D eigenvalue weighted by Gasteiger charge is 2.29. The van der Waals surface area contributed by atoms with Crippen LogP contribution in [0.2, 0.25) is 5.02 Å². The summed E-state index contributed by atoms with van der Waals surface area (Å²) in [5, 5.41) is 3.43. The first kappa shape index (κ1) is 13.3. The van der Waals surface area contributed by atoms with E-state index in [-0.39, 0.29) is 5.91 Å². The van der Waals surface area contributed by atoms with Gasteiger partial charge in [-0.15, -0.1) is 0 Å². The number of nitrogens with one attached hydrogen (secondary N) is 1. The fraction of sp³-hybridized carbons (Fsp3) is 0.0667. The standard InChI is InChI=1S/C15H10BrClN2O/c1-8-12(17)11(16)7-10-13(8)19-15(20)14(10)18-9-5-3-2-4-6-9/h2-7H,1H3,(H,18,19,20). The lowest BCUT2D eigenvalue weighted by Gasteiger charge is -2.07. The minimum absolute atomic E-state index is 0.207. The third kappa shape index (κ3) is 2.15. The molecule has 0 spiro atoms. The summed E-state index contributed by atoms with van der Waals surface area (Å²) in [5.74, 6) is -0.207. The molecule has 0 unspecified atom stereocenters. The van der Waals surface area contributed by atoms with Crippen molar-refractivity contribution < 1.29 is 4.79 Å². The van der Waals surface area contributed by atoms with E-state index < -0.39 is 0 Å². The van der Waals surface area contributed by atoms with Gasteiger partial charge in [0.25, 0.3) is 5.91 Å². The highest BCUT2D eigenvalue weighted by molar-refractivity contribution is 9.10. The third-order valence-corrected chi connectivity index (χ3v) is 4.50. The van der Waals surface area contributed by atoms with E-state index in [9.17, 15) is 4.79 Å². The number of nitrogens with zero attached hydrogens (tertiary/aromatic N) is 1. The SMILES string of the molecule is Cc1c(Cl)c(Br)cc2c1NC(=O)C2=Nc1ccccc1. The summed E-state index contributed by atoms with van der Waals surface area (Å²) < 4.78 is 0.757. The molecular weight excluding hydrogens is 340 g/mol. The van der Waals surface area contributed by atoms with Gasteiger partial charge >= 0.3 is 0 Å². The Morgan fingerprint density at radius 1 is 1.25 bits per heavy atom. The Morgan fingerprint density at radius 3 is 2.65 bits per heavy atom. The Bertz CT molecular complexity index is 741. The molecule has 0 radical (unpaired) electrons. The largest absolute Gasteiger partial charge is 0.320 e. The maximum atomic E-state index is 12.1. The zero-order valence-corrected chi connectivity index (χ0v) is 12.9. The van der Waals surface area contributed by atoms with Gasteiger partial charge in [0.1, 0.15) is 5.71 Å². The van der Waals surface area contributed by atoms with Crippen LogP contribution in [0.4, 0.5) is 11.4 Å². The monoisotopic (exact) mass is 348 g/mol. The maximum absolute atomic E-state index is 12.1. The van der Waals surface area contributed by atoms with Crippen molar-refractivity contribution in [2.75, 3.05) is 5.32 Å². The van der Waals surface area contributed by atoms with Gasteiger partial charge in [0.15, 0.2) is 0 Å². The van der Waals surface area contributed by atoms with Crippen LogP contribution in [0, 0.1) is 6.92 Å². The highest BCUT2D eigenvalue weighted by Crippen LogP contribution is 2.38. The van der Waals surface area contributed by atoms with E-state index >= 15 is 0 Å². The van der Waals surface area contributed by atoms with E-state index in [0.717, 1.165) is 27.0 Å². The van der Waals surface area contributed by atoms with Gasteiger partial charge in [-0.25, -0.2) is 4.99 Å². The van der Waals surface area contributed by atoms with E-state index in [1.165, 1.54) is 0 Å². The van der Waals surface area contributed by atoms with Gasteiger partial charge in [0.05, 0.1) is 16.4 Å². The number of para-hydroxylation sites is 1. The summed E-state index contributed by atoms with van der Waals surface area (Å²) in [6.07, 6.45) is 0. The second kappa shape index (κ2) is 5.04. The van der Waals surface area contributed by atoms with Gasteiger partial charge in [-0.3, -0.25) is 4.79 Å². The lowest BCUT2D eigenvalue weighted by atomic mass is 10.1. The van der Waals surface area contributed by atoms with E-state index in [4.69, 9.17) is 11.6 Å². The van der Waals surface area contributed by atoms with Crippen LogP contribution in [0.1, 0.15) is 11.1 Å². The van der Waals surface area contributed by atoms with E-state index in [0.29, 0.717) is 10.7 Å². The Morgan fingerprint density at radius 2 is 1.95 bits per heavy atom.